The number of nitrogens with zero attached hydrogens (tertiary/aromatic N) is 4. The van der Waals surface area contributed by atoms with E-state index in [1.165, 1.54) is 17.3 Å². The molecule has 7 heteroatoms. The van der Waals surface area contributed by atoms with Crippen molar-refractivity contribution in [3.05, 3.63) is 77.6 Å². The minimum Gasteiger partial charge on any atom is -0.337 e. The lowest BCUT2D eigenvalue weighted by Crippen LogP contribution is -2.34. The van der Waals surface area contributed by atoms with Crippen molar-refractivity contribution >= 4 is 17.7 Å². The fraction of sp³-hybridized carbons (Fsp3) is 0.318. The first kappa shape index (κ1) is 19.5. The highest BCUT2D eigenvalue weighted by Gasteiger charge is 2.30. The molecule has 0 radical (unpaired) electrons. The highest BCUT2D eigenvalue weighted by atomic mass is 32.2. The van der Waals surface area contributed by atoms with E-state index < -0.39 is 0 Å². The monoisotopic (exact) mass is 407 g/mol. The molecular weight excluding hydrogens is 382 g/mol. The van der Waals surface area contributed by atoms with Gasteiger partial charge in [-0.15, -0.1) is 10.2 Å². The van der Waals surface area contributed by atoms with Gasteiger partial charge in [0.15, 0.2) is 5.82 Å². The average molecular weight is 408 g/mol. The number of carbonyl (C=O) groups is 1. The van der Waals surface area contributed by atoms with E-state index in [4.69, 9.17) is 5.84 Å². The van der Waals surface area contributed by atoms with Crippen LogP contribution in [0.2, 0.25) is 0 Å². The molecule has 1 aromatic heterocycles. The SMILES string of the molecule is Nn1c(SCC(=O)N(CCc2ccccc2)Cc2ccccc2)nnc1C1CC1. The van der Waals surface area contributed by atoms with Crippen molar-refractivity contribution in [2.24, 2.45) is 0 Å². The molecular formula is C22H25N5OS. The zero-order valence-corrected chi connectivity index (χ0v) is 17.1. The number of carbonyl (C=O) groups excluding carboxylic acids is 1. The summed E-state index contributed by atoms with van der Waals surface area (Å²) < 4.78 is 1.54. The summed E-state index contributed by atoms with van der Waals surface area (Å²) in [5, 5.41) is 8.95. The summed E-state index contributed by atoms with van der Waals surface area (Å²) >= 11 is 1.35. The molecule has 0 spiro atoms. The molecule has 0 atom stereocenters. The topological polar surface area (TPSA) is 77.0 Å². The zero-order chi connectivity index (χ0) is 20.1. The van der Waals surface area contributed by atoms with Crippen molar-refractivity contribution in [3.8, 4) is 0 Å². The lowest BCUT2D eigenvalue weighted by Gasteiger charge is -2.23. The number of hydrogen-bond donors (Lipinski definition) is 1. The molecule has 1 heterocycles. The summed E-state index contributed by atoms with van der Waals surface area (Å²) in [5.41, 5.74) is 2.35. The molecule has 29 heavy (non-hydrogen) atoms. The highest BCUT2D eigenvalue weighted by Crippen LogP contribution is 2.39. The quantitative estimate of drug-likeness (QED) is 0.435. The van der Waals surface area contributed by atoms with Crippen molar-refractivity contribution in [1.29, 1.82) is 0 Å². The van der Waals surface area contributed by atoms with E-state index in [1.807, 2.05) is 53.4 Å². The van der Waals surface area contributed by atoms with Crippen LogP contribution in [0, 0.1) is 0 Å². The van der Waals surface area contributed by atoms with Crippen LogP contribution in [0.1, 0.15) is 35.7 Å². The van der Waals surface area contributed by atoms with E-state index in [1.54, 1.807) is 4.68 Å². The van der Waals surface area contributed by atoms with Crippen molar-refractivity contribution in [1.82, 2.24) is 19.8 Å². The first-order valence-corrected chi connectivity index (χ1v) is 10.9. The van der Waals surface area contributed by atoms with Gasteiger partial charge in [-0.1, -0.05) is 72.4 Å². The normalized spacial score (nSPS) is 13.4. The van der Waals surface area contributed by atoms with Crippen LogP contribution in [-0.4, -0.2) is 38.0 Å². The molecule has 2 aromatic carbocycles. The molecule has 4 rings (SSSR count). The van der Waals surface area contributed by atoms with Crippen LogP contribution in [0.25, 0.3) is 0 Å². The Bertz CT molecular complexity index is 940. The Hall–Kier alpha value is -2.80. The van der Waals surface area contributed by atoms with Crippen LogP contribution >= 0.6 is 11.8 Å². The van der Waals surface area contributed by atoms with Gasteiger partial charge in [0.25, 0.3) is 0 Å². The van der Waals surface area contributed by atoms with Crippen molar-refractivity contribution in [3.63, 3.8) is 0 Å². The van der Waals surface area contributed by atoms with Crippen LogP contribution in [0.3, 0.4) is 0 Å². The van der Waals surface area contributed by atoms with Gasteiger partial charge in [-0.2, -0.15) is 0 Å². The number of benzene rings is 2. The molecule has 2 N–H and O–H groups in total. The summed E-state index contributed by atoms with van der Waals surface area (Å²) in [6.45, 7) is 1.26. The Balaban J connectivity index is 1.40. The van der Waals surface area contributed by atoms with Gasteiger partial charge in [-0.25, -0.2) is 4.68 Å². The number of aromatic nitrogens is 3. The molecule has 0 bridgehead atoms. The van der Waals surface area contributed by atoms with Crippen LogP contribution < -0.4 is 5.84 Å². The lowest BCUT2D eigenvalue weighted by molar-refractivity contribution is -0.128. The summed E-state index contributed by atoms with van der Waals surface area (Å²) in [4.78, 5) is 14.9. The lowest BCUT2D eigenvalue weighted by atomic mass is 10.1. The van der Waals surface area contributed by atoms with Crippen LogP contribution in [-0.2, 0) is 17.8 Å². The molecule has 0 saturated heterocycles. The van der Waals surface area contributed by atoms with Gasteiger partial charge in [-0.3, -0.25) is 4.79 Å². The van der Waals surface area contributed by atoms with E-state index in [-0.39, 0.29) is 5.91 Å². The summed E-state index contributed by atoms with van der Waals surface area (Å²) in [7, 11) is 0. The number of nitrogens with two attached hydrogens (primary N) is 1. The van der Waals surface area contributed by atoms with Crippen LogP contribution in [0.4, 0.5) is 0 Å². The molecule has 1 amide bonds. The Labute approximate surface area is 175 Å². The van der Waals surface area contributed by atoms with Crippen molar-refractivity contribution in [2.75, 3.05) is 18.1 Å². The summed E-state index contributed by atoms with van der Waals surface area (Å²) in [5.74, 6) is 7.73. The molecule has 0 unspecified atom stereocenters. The number of nitrogen functional groups attached to an aromatic ring is 1. The van der Waals surface area contributed by atoms with Gasteiger partial charge < -0.3 is 10.7 Å². The smallest absolute Gasteiger partial charge is 0.233 e. The largest absolute Gasteiger partial charge is 0.337 e. The minimum atomic E-state index is 0.0748. The minimum absolute atomic E-state index is 0.0748. The van der Waals surface area contributed by atoms with Gasteiger partial charge in [0.1, 0.15) is 0 Å². The second-order valence-corrected chi connectivity index (χ2v) is 8.25. The molecule has 150 valence electrons. The Morgan fingerprint density at radius 3 is 2.34 bits per heavy atom. The molecule has 6 nitrogen and oxygen atoms in total. The second-order valence-electron chi connectivity index (χ2n) is 7.31. The first-order valence-electron chi connectivity index (χ1n) is 9.89. The van der Waals surface area contributed by atoms with Gasteiger partial charge >= 0.3 is 0 Å². The fourth-order valence-corrected chi connectivity index (χ4v) is 4.00. The molecule has 0 aliphatic heterocycles. The molecule has 1 aliphatic carbocycles. The van der Waals surface area contributed by atoms with Crippen molar-refractivity contribution < 1.29 is 4.79 Å². The first-order chi connectivity index (χ1) is 14.2. The van der Waals surface area contributed by atoms with Gasteiger partial charge in [0.05, 0.1) is 5.75 Å². The number of hydrogen-bond acceptors (Lipinski definition) is 5. The van der Waals surface area contributed by atoms with Crippen LogP contribution in [0.15, 0.2) is 65.8 Å². The second kappa shape index (κ2) is 9.13. The predicted molar refractivity (Wildman–Crippen MR) is 115 cm³/mol. The molecule has 1 fully saturated rings. The van der Waals surface area contributed by atoms with Gasteiger partial charge in [0, 0.05) is 19.0 Å². The summed E-state index contributed by atoms with van der Waals surface area (Å²) in [6.07, 6.45) is 3.05. The van der Waals surface area contributed by atoms with Gasteiger partial charge in [-0.05, 0) is 30.4 Å². The third kappa shape index (κ3) is 5.17. The third-order valence-corrected chi connectivity index (χ3v) is 5.97. The number of thioether (sulfide) groups is 1. The van der Waals surface area contributed by atoms with Gasteiger partial charge in [0.2, 0.25) is 11.1 Å². The van der Waals surface area contributed by atoms with E-state index in [2.05, 4.69) is 22.3 Å². The van der Waals surface area contributed by atoms with E-state index in [9.17, 15) is 4.79 Å². The molecule has 1 saturated carbocycles. The predicted octanol–water partition coefficient (Wildman–Crippen LogP) is 3.23. The fourth-order valence-electron chi connectivity index (χ4n) is 3.23. The molecule has 1 aliphatic rings. The zero-order valence-electron chi connectivity index (χ0n) is 16.3. The summed E-state index contributed by atoms with van der Waals surface area (Å²) in [6, 6.07) is 20.3. The maximum absolute atomic E-state index is 13.0. The maximum Gasteiger partial charge on any atom is 0.233 e. The van der Waals surface area contributed by atoms with E-state index >= 15 is 0 Å². The third-order valence-electron chi connectivity index (χ3n) is 5.04. The Kier molecular flexibility index (Phi) is 6.14. The van der Waals surface area contributed by atoms with E-state index in [0.29, 0.717) is 29.9 Å². The van der Waals surface area contributed by atoms with Crippen molar-refractivity contribution in [2.45, 2.75) is 36.9 Å². The standard InChI is InChI=1S/C22H25N5OS/c23-27-21(19-11-12-19)24-25-22(27)29-16-20(28)26(15-18-9-5-2-6-10-18)14-13-17-7-3-1-4-8-17/h1-10,19H,11-16,23H2. The number of rotatable bonds is 9. The Morgan fingerprint density at radius 1 is 1.03 bits per heavy atom. The highest BCUT2D eigenvalue weighted by molar-refractivity contribution is 7.99. The Morgan fingerprint density at radius 2 is 1.69 bits per heavy atom. The molecule has 3 aromatic rings. The average Bonchev–Trinajstić information content (AvgIpc) is 3.53. The number of amides is 1. The van der Waals surface area contributed by atoms with Crippen LogP contribution in [0.5, 0.6) is 0 Å². The maximum atomic E-state index is 13.0. The van der Waals surface area contributed by atoms with E-state index in [0.717, 1.165) is 30.7 Å².